The number of amides is 2. The molecule has 0 fully saturated rings. The lowest BCUT2D eigenvalue weighted by molar-refractivity contribution is -0.141. The number of hydrogen-bond acceptors (Lipinski definition) is 5. The Balaban J connectivity index is 2.06. The van der Waals surface area contributed by atoms with Crippen molar-refractivity contribution in [1.29, 1.82) is 0 Å². The van der Waals surface area contributed by atoms with Crippen LogP contribution in [0.2, 0.25) is 10.0 Å². The summed E-state index contributed by atoms with van der Waals surface area (Å²) in [6, 6.07) is 18.4. The summed E-state index contributed by atoms with van der Waals surface area (Å²) in [6.07, 6.45) is 0.297. The first-order chi connectivity index (χ1) is 19.3. The molecule has 1 atom stereocenters. The SMILES string of the molecule is CCC(C(=O)NC(C)(C)C)N(Cc1ccc(Cl)c(Cl)c1)C(=O)CN(c1ccccc1)S(=O)(=O)c1ccc(OC)cc1. The van der Waals surface area contributed by atoms with E-state index in [-0.39, 0.29) is 17.3 Å². The van der Waals surface area contributed by atoms with Gasteiger partial charge in [0, 0.05) is 12.1 Å². The third-order valence-corrected chi connectivity index (χ3v) is 8.72. The molecule has 0 aliphatic heterocycles. The van der Waals surface area contributed by atoms with Gasteiger partial charge in [-0.15, -0.1) is 0 Å². The summed E-state index contributed by atoms with van der Waals surface area (Å²) in [5, 5.41) is 3.60. The lowest BCUT2D eigenvalue weighted by Crippen LogP contribution is -2.55. The van der Waals surface area contributed by atoms with E-state index in [0.29, 0.717) is 33.5 Å². The number of halogens is 2. The summed E-state index contributed by atoms with van der Waals surface area (Å²) in [7, 11) is -2.70. The second kappa shape index (κ2) is 13.6. The van der Waals surface area contributed by atoms with E-state index in [4.69, 9.17) is 27.9 Å². The maximum atomic E-state index is 14.1. The fraction of sp³-hybridized carbons (Fsp3) is 0.333. The zero-order valence-electron chi connectivity index (χ0n) is 23.7. The van der Waals surface area contributed by atoms with Gasteiger partial charge in [-0.1, -0.05) is 54.4 Å². The van der Waals surface area contributed by atoms with Crippen molar-refractivity contribution in [3.8, 4) is 5.75 Å². The number of para-hydroxylation sites is 1. The van der Waals surface area contributed by atoms with Gasteiger partial charge in [0.25, 0.3) is 10.0 Å². The van der Waals surface area contributed by atoms with E-state index in [1.807, 2.05) is 20.8 Å². The highest BCUT2D eigenvalue weighted by atomic mass is 35.5. The van der Waals surface area contributed by atoms with E-state index in [0.717, 1.165) is 4.31 Å². The molecule has 0 aliphatic carbocycles. The number of hydrogen-bond donors (Lipinski definition) is 1. The smallest absolute Gasteiger partial charge is 0.264 e. The van der Waals surface area contributed by atoms with Gasteiger partial charge in [-0.25, -0.2) is 8.42 Å². The first-order valence-corrected chi connectivity index (χ1v) is 15.2. The van der Waals surface area contributed by atoms with Crippen molar-refractivity contribution in [3.05, 3.63) is 88.4 Å². The third kappa shape index (κ3) is 8.38. The minimum absolute atomic E-state index is 0.0106. The molecule has 0 saturated carbocycles. The molecule has 8 nitrogen and oxygen atoms in total. The molecule has 0 saturated heterocycles. The van der Waals surface area contributed by atoms with Crippen LogP contribution in [0, 0.1) is 0 Å². The molecule has 0 spiro atoms. The summed E-state index contributed by atoms with van der Waals surface area (Å²) < 4.78 is 34.0. The van der Waals surface area contributed by atoms with Crippen LogP contribution in [-0.2, 0) is 26.2 Å². The first kappa shape index (κ1) is 32.2. The van der Waals surface area contributed by atoms with Crippen LogP contribution in [0.25, 0.3) is 0 Å². The highest BCUT2D eigenvalue weighted by Crippen LogP contribution is 2.27. The molecule has 11 heteroatoms. The number of sulfonamides is 1. The molecule has 1 unspecified atom stereocenters. The zero-order valence-corrected chi connectivity index (χ0v) is 26.1. The number of methoxy groups -OCH3 is 1. The number of anilines is 1. The summed E-state index contributed by atoms with van der Waals surface area (Å²) in [4.78, 5) is 28.9. The second-order valence-electron chi connectivity index (χ2n) is 10.5. The average Bonchev–Trinajstić information content (AvgIpc) is 2.92. The summed E-state index contributed by atoms with van der Waals surface area (Å²) in [5.74, 6) is -0.416. The van der Waals surface area contributed by atoms with Crippen LogP contribution in [0.4, 0.5) is 5.69 Å². The van der Waals surface area contributed by atoms with Gasteiger partial charge < -0.3 is 15.0 Å². The van der Waals surface area contributed by atoms with E-state index in [1.54, 1.807) is 67.6 Å². The molecule has 1 N–H and O–H groups in total. The second-order valence-corrected chi connectivity index (χ2v) is 13.1. The van der Waals surface area contributed by atoms with Gasteiger partial charge in [-0.3, -0.25) is 13.9 Å². The molecule has 0 radical (unpaired) electrons. The van der Waals surface area contributed by atoms with Crippen molar-refractivity contribution in [2.45, 2.75) is 57.1 Å². The molecule has 2 amide bonds. The number of nitrogens with one attached hydrogen (secondary N) is 1. The molecule has 0 aromatic heterocycles. The fourth-order valence-electron chi connectivity index (χ4n) is 4.21. The topological polar surface area (TPSA) is 96.0 Å². The quantitative estimate of drug-likeness (QED) is 0.287. The molecule has 41 heavy (non-hydrogen) atoms. The van der Waals surface area contributed by atoms with E-state index in [9.17, 15) is 18.0 Å². The minimum atomic E-state index is -4.18. The maximum absolute atomic E-state index is 14.1. The Morgan fingerprint density at radius 3 is 2.12 bits per heavy atom. The zero-order chi connectivity index (χ0) is 30.4. The van der Waals surface area contributed by atoms with Crippen molar-refractivity contribution < 1.29 is 22.7 Å². The molecule has 0 bridgehead atoms. The van der Waals surface area contributed by atoms with E-state index in [2.05, 4.69) is 5.32 Å². The summed E-state index contributed by atoms with van der Waals surface area (Å²) in [5.41, 5.74) is 0.397. The molecule has 0 aliphatic rings. The van der Waals surface area contributed by atoms with Gasteiger partial charge in [0.1, 0.15) is 18.3 Å². The predicted octanol–water partition coefficient (Wildman–Crippen LogP) is 5.92. The number of carbonyl (C=O) groups is 2. The van der Waals surface area contributed by atoms with Crippen molar-refractivity contribution >= 4 is 50.7 Å². The molecule has 220 valence electrons. The Bertz CT molecular complexity index is 1460. The Kier molecular flexibility index (Phi) is 10.7. The van der Waals surface area contributed by atoms with Gasteiger partial charge in [0.15, 0.2) is 0 Å². The van der Waals surface area contributed by atoms with E-state index >= 15 is 0 Å². The number of benzene rings is 3. The lowest BCUT2D eigenvalue weighted by atomic mass is 10.1. The van der Waals surface area contributed by atoms with E-state index < -0.39 is 34.1 Å². The van der Waals surface area contributed by atoms with E-state index in [1.165, 1.54) is 24.1 Å². The van der Waals surface area contributed by atoms with Gasteiger partial charge in [0.05, 0.1) is 27.7 Å². The van der Waals surface area contributed by atoms with Crippen LogP contribution in [-0.4, -0.2) is 50.4 Å². The normalized spacial score (nSPS) is 12.4. The van der Waals surface area contributed by atoms with Crippen LogP contribution in [0.1, 0.15) is 39.7 Å². The molecular formula is C30H35Cl2N3O5S. The number of ether oxygens (including phenoxy) is 1. The maximum Gasteiger partial charge on any atom is 0.264 e. The highest BCUT2D eigenvalue weighted by molar-refractivity contribution is 7.92. The van der Waals surface area contributed by atoms with Crippen molar-refractivity contribution in [2.24, 2.45) is 0 Å². The van der Waals surface area contributed by atoms with Crippen LogP contribution in [0.3, 0.4) is 0 Å². The number of nitrogens with zero attached hydrogens (tertiary/aromatic N) is 2. The average molecular weight is 621 g/mol. The third-order valence-electron chi connectivity index (χ3n) is 6.19. The monoisotopic (exact) mass is 619 g/mol. The van der Waals surface area contributed by atoms with Crippen LogP contribution < -0.4 is 14.4 Å². The summed E-state index contributed by atoms with van der Waals surface area (Å²) in [6.45, 7) is 6.81. The van der Waals surface area contributed by atoms with Gasteiger partial charge in [-0.05, 0) is 81.3 Å². The van der Waals surface area contributed by atoms with Crippen LogP contribution >= 0.6 is 23.2 Å². The predicted molar refractivity (Wildman–Crippen MR) is 163 cm³/mol. The number of carbonyl (C=O) groups excluding carboxylic acids is 2. The van der Waals surface area contributed by atoms with Crippen molar-refractivity contribution in [3.63, 3.8) is 0 Å². The fourth-order valence-corrected chi connectivity index (χ4v) is 5.94. The Labute approximate surface area is 252 Å². The van der Waals surface area contributed by atoms with Gasteiger partial charge in [0.2, 0.25) is 11.8 Å². The minimum Gasteiger partial charge on any atom is -0.497 e. The number of rotatable bonds is 11. The Hall–Kier alpha value is -3.27. The molecule has 3 aromatic rings. The lowest BCUT2D eigenvalue weighted by Gasteiger charge is -2.34. The molecule has 0 heterocycles. The van der Waals surface area contributed by atoms with Gasteiger partial charge >= 0.3 is 0 Å². The van der Waals surface area contributed by atoms with Crippen molar-refractivity contribution in [1.82, 2.24) is 10.2 Å². The van der Waals surface area contributed by atoms with Gasteiger partial charge in [-0.2, -0.15) is 0 Å². The molecule has 3 aromatic carbocycles. The van der Waals surface area contributed by atoms with Crippen LogP contribution in [0.5, 0.6) is 5.75 Å². The molecule has 3 rings (SSSR count). The van der Waals surface area contributed by atoms with Crippen LogP contribution in [0.15, 0.2) is 77.7 Å². The highest BCUT2D eigenvalue weighted by Gasteiger charge is 2.34. The summed E-state index contributed by atoms with van der Waals surface area (Å²) >= 11 is 12.3. The molecular weight excluding hydrogens is 585 g/mol. The Morgan fingerprint density at radius 2 is 1.59 bits per heavy atom. The van der Waals surface area contributed by atoms with Crippen molar-refractivity contribution in [2.75, 3.05) is 18.0 Å². The first-order valence-electron chi connectivity index (χ1n) is 13.0. The standard InChI is InChI=1S/C30H35Cl2N3O5S/c1-6-27(29(37)33-30(2,3)4)34(19-21-12-17-25(31)26(32)18-21)28(36)20-35(22-10-8-7-9-11-22)41(38,39)24-15-13-23(40-5)14-16-24/h7-18,27H,6,19-20H2,1-5H3,(H,33,37). The Morgan fingerprint density at radius 1 is 0.951 bits per heavy atom. The largest absolute Gasteiger partial charge is 0.497 e.